The molecule has 7 heteroatoms. The number of benzene rings is 1. The second-order valence-corrected chi connectivity index (χ2v) is 3.68. The first-order valence-corrected chi connectivity index (χ1v) is 4.79. The van der Waals surface area contributed by atoms with Crippen LogP contribution in [-0.2, 0) is 0 Å². The number of halogens is 1. The summed E-state index contributed by atoms with van der Waals surface area (Å²) in [6, 6.07) is 5.45. The molecule has 1 rings (SSSR count). The zero-order chi connectivity index (χ0) is 11.4. The predicted octanol–water partition coefficient (Wildman–Crippen LogP) is 1.49. The van der Waals surface area contributed by atoms with Crippen molar-refractivity contribution in [3.8, 4) is 0 Å². The molecule has 0 fully saturated rings. The van der Waals surface area contributed by atoms with Crippen molar-refractivity contribution < 1.29 is 5.03 Å². The molecule has 1 aromatic rings. The van der Waals surface area contributed by atoms with E-state index in [-0.39, 0.29) is 5.96 Å². The first-order valence-electron chi connectivity index (χ1n) is 4.00. The van der Waals surface area contributed by atoms with E-state index in [9.17, 15) is 10.1 Å². The maximum Gasteiger partial charge on any atom is 0.256 e. The van der Waals surface area contributed by atoms with Crippen LogP contribution in [0.5, 0.6) is 0 Å². The van der Waals surface area contributed by atoms with Crippen LogP contribution in [0, 0.1) is 17.0 Å². The van der Waals surface area contributed by atoms with E-state index in [0.29, 0.717) is 5.69 Å². The van der Waals surface area contributed by atoms with E-state index < -0.39 is 5.03 Å². The van der Waals surface area contributed by atoms with E-state index in [1.165, 1.54) is 0 Å². The summed E-state index contributed by atoms with van der Waals surface area (Å²) < 4.78 is 0.723. The fourth-order valence-electron chi connectivity index (χ4n) is 0.957. The van der Waals surface area contributed by atoms with Gasteiger partial charge in [0.2, 0.25) is 0 Å². The van der Waals surface area contributed by atoms with Crippen molar-refractivity contribution in [2.24, 2.45) is 10.7 Å². The van der Waals surface area contributed by atoms with Gasteiger partial charge in [-0.15, -0.1) is 0 Å². The van der Waals surface area contributed by atoms with Gasteiger partial charge in [-0.2, -0.15) is 0 Å². The number of hydrazine groups is 1. The summed E-state index contributed by atoms with van der Waals surface area (Å²) in [5.41, 5.74) is 8.60. The van der Waals surface area contributed by atoms with Crippen LogP contribution in [0.3, 0.4) is 0 Å². The lowest BCUT2D eigenvalue weighted by Crippen LogP contribution is -2.35. The SMILES string of the molecule is Cc1ccc(Br)c(N=C(N)N[N+](=O)[O-])c1. The van der Waals surface area contributed by atoms with Crippen molar-refractivity contribution in [3.05, 3.63) is 38.3 Å². The third-order valence-corrected chi connectivity index (χ3v) is 2.22. The van der Waals surface area contributed by atoms with Gasteiger partial charge in [0, 0.05) is 4.47 Å². The van der Waals surface area contributed by atoms with Gasteiger partial charge in [0.15, 0.2) is 5.03 Å². The van der Waals surface area contributed by atoms with Crippen molar-refractivity contribution in [2.75, 3.05) is 0 Å². The summed E-state index contributed by atoms with van der Waals surface area (Å²) in [5.74, 6) is -0.258. The molecule has 0 atom stereocenters. The quantitative estimate of drug-likeness (QED) is 0.369. The van der Waals surface area contributed by atoms with Gasteiger partial charge < -0.3 is 5.73 Å². The fourth-order valence-corrected chi connectivity index (χ4v) is 1.29. The Morgan fingerprint density at radius 2 is 2.33 bits per heavy atom. The van der Waals surface area contributed by atoms with Crippen molar-refractivity contribution in [2.45, 2.75) is 6.92 Å². The summed E-state index contributed by atoms with van der Waals surface area (Å²) in [6.45, 7) is 1.89. The summed E-state index contributed by atoms with van der Waals surface area (Å²) in [7, 11) is 0. The molecule has 80 valence electrons. The third-order valence-electron chi connectivity index (χ3n) is 1.55. The molecular formula is C8H9BrN4O2. The van der Waals surface area contributed by atoms with Crippen molar-refractivity contribution >= 4 is 27.6 Å². The number of nitrogens with one attached hydrogen (secondary N) is 1. The fraction of sp³-hybridized carbons (Fsp3) is 0.125. The van der Waals surface area contributed by atoms with Gasteiger partial charge in [0.05, 0.1) is 5.69 Å². The van der Waals surface area contributed by atoms with Gasteiger partial charge in [-0.3, -0.25) is 0 Å². The number of guanidine groups is 1. The van der Waals surface area contributed by atoms with E-state index >= 15 is 0 Å². The van der Waals surface area contributed by atoms with E-state index in [1.807, 2.05) is 13.0 Å². The lowest BCUT2D eigenvalue weighted by Gasteiger charge is -2.01. The van der Waals surface area contributed by atoms with Crippen LogP contribution in [0.15, 0.2) is 27.7 Å². The minimum Gasteiger partial charge on any atom is -0.365 e. The van der Waals surface area contributed by atoms with Crippen LogP contribution in [-0.4, -0.2) is 11.0 Å². The Labute approximate surface area is 94.4 Å². The highest BCUT2D eigenvalue weighted by Gasteiger charge is 2.02. The van der Waals surface area contributed by atoms with Gasteiger partial charge in [-0.25, -0.2) is 15.1 Å². The summed E-state index contributed by atoms with van der Waals surface area (Å²) in [5, 5.41) is 9.31. The molecule has 0 radical (unpaired) electrons. The van der Waals surface area contributed by atoms with Gasteiger partial charge in [-0.1, -0.05) is 11.5 Å². The molecule has 0 aliphatic heterocycles. The average molecular weight is 273 g/mol. The van der Waals surface area contributed by atoms with E-state index in [2.05, 4.69) is 20.9 Å². The van der Waals surface area contributed by atoms with E-state index in [4.69, 9.17) is 5.73 Å². The molecule has 0 saturated carbocycles. The number of nitro groups is 1. The highest BCUT2D eigenvalue weighted by molar-refractivity contribution is 9.10. The molecule has 0 bridgehead atoms. The maximum absolute atomic E-state index is 10.1. The number of aryl methyl sites for hydroxylation is 1. The average Bonchev–Trinajstić information content (AvgIpc) is 2.10. The normalized spacial score (nSPS) is 11.2. The second-order valence-electron chi connectivity index (χ2n) is 2.82. The van der Waals surface area contributed by atoms with Crippen LogP contribution >= 0.6 is 15.9 Å². The van der Waals surface area contributed by atoms with Crippen LogP contribution in [0.4, 0.5) is 5.69 Å². The van der Waals surface area contributed by atoms with Gasteiger partial charge in [0.25, 0.3) is 5.96 Å². The predicted molar refractivity (Wildman–Crippen MR) is 60.3 cm³/mol. The highest BCUT2D eigenvalue weighted by Crippen LogP contribution is 2.25. The Balaban J connectivity index is 2.96. The highest BCUT2D eigenvalue weighted by atomic mass is 79.9. The molecule has 0 spiro atoms. The van der Waals surface area contributed by atoms with Gasteiger partial charge in [0.1, 0.15) is 0 Å². The molecule has 0 heterocycles. The van der Waals surface area contributed by atoms with Crippen molar-refractivity contribution in [1.82, 2.24) is 5.43 Å². The third kappa shape index (κ3) is 3.55. The largest absolute Gasteiger partial charge is 0.365 e. The van der Waals surface area contributed by atoms with Gasteiger partial charge in [-0.05, 0) is 40.5 Å². The zero-order valence-electron chi connectivity index (χ0n) is 7.90. The Hall–Kier alpha value is -1.63. The summed E-state index contributed by atoms with van der Waals surface area (Å²) in [6.07, 6.45) is 0. The van der Waals surface area contributed by atoms with Crippen LogP contribution < -0.4 is 11.2 Å². The lowest BCUT2D eigenvalue weighted by molar-refractivity contribution is -0.525. The lowest BCUT2D eigenvalue weighted by atomic mass is 10.2. The minimum absolute atomic E-state index is 0.258. The summed E-state index contributed by atoms with van der Waals surface area (Å²) >= 11 is 3.26. The van der Waals surface area contributed by atoms with Crippen LogP contribution in [0.2, 0.25) is 0 Å². The molecule has 0 aromatic heterocycles. The van der Waals surface area contributed by atoms with Crippen LogP contribution in [0.25, 0.3) is 0 Å². The molecule has 0 unspecified atom stereocenters. The monoisotopic (exact) mass is 272 g/mol. The van der Waals surface area contributed by atoms with E-state index in [1.54, 1.807) is 17.6 Å². The van der Waals surface area contributed by atoms with Crippen molar-refractivity contribution in [1.29, 1.82) is 0 Å². The van der Waals surface area contributed by atoms with Crippen molar-refractivity contribution in [3.63, 3.8) is 0 Å². The molecular weight excluding hydrogens is 264 g/mol. The second kappa shape index (κ2) is 4.74. The Morgan fingerprint density at radius 3 is 2.93 bits per heavy atom. The molecule has 1 aromatic carbocycles. The number of aliphatic imine (C=N–C) groups is 1. The topological polar surface area (TPSA) is 93.5 Å². The molecule has 15 heavy (non-hydrogen) atoms. The maximum atomic E-state index is 10.1. The molecule has 0 aliphatic carbocycles. The van der Waals surface area contributed by atoms with Crippen LogP contribution in [0.1, 0.15) is 5.56 Å². The number of nitrogens with two attached hydrogens (primary N) is 1. The number of rotatable bonds is 2. The van der Waals surface area contributed by atoms with Gasteiger partial charge >= 0.3 is 0 Å². The smallest absolute Gasteiger partial charge is 0.256 e. The first kappa shape index (κ1) is 11.4. The molecule has 0 amide bonds. The molecule has 0 aliphatic rings. The number of hydrogen-bond acceptors (Lipinski definition) is 3. The Bertz CT molecular complexity index is 419. The number of nitrogens with zero attached hydrogens (tertiary/aromatic N) is 2. The Kier molecular flexibility index (Phi) is 3.62. The molecule has 3 N–H and O–H groups in total. The number of hydrogen-bond donors (Lipinski definition) is 2. The molecule has 0 saturated heterocycles. The zero-order valence-corrected chi connectivity index (χ0v) is 9.48. The molecule has 6 nitrogen and oxygen atoms in total. The minimum atomic E-state index is -0.761. The summed E-state index contributed by atoms with van der Waals surface area (Å²) in [4.78, 5) is 13.9. The first-order chi connectivity index (χ1) is 6.99. The van der Waals surface area contributed by atoms with E-state index in [0.717, 1.165) is 10.0 Å². The standard InChI is InChI=1S/C8H9BrN4O2/c1-5-2-3-6(9)7(4-5)11-8(10)12-13(14)15/h2-4H,1H3,(H3,10,11,12). The Morgan fingerprint density at radius 1 is 1.67 bits per heavy atom.